The molecule has 0 saturated heterocycles. The molecule has 0 saturated carbocycles. The molecule has 0 amide bonds. The van der Waals surface area contributed by atoms with Gasteiger partial charge >= 0.3 is 0 Å². The van der Waals surface area contributed by atoms with Crippen LogP contribution in [-0.2, 0) is 21.7 Å². The molecule has 2 aromatic heterocycles. The SMILES string of the molecule is [2H]C([2H])([2H])C(c1cc(-c2nc3c(-c4cc(-c5cc(-c6ccccc6)ccn5)cc(C(C)(C)C)c4)cccc3n2-c2ccc(C(C)(C)C)cc2-c2ccccc2)c(O)c(C(C([2H])([2H])[2H])(C([2H])([2H])[2H])C([2H])([2H])[2H])c1)(C([2H])([2H])[2H])C([2H])([2H])[2H]. The highest BCUT2D eigenvalue weighted by molar-refractivity contribution is 5.98. The van der Waals surface area contributed by atoms with Crippen LogP contribution in [0.4, 0.5) is 0 Å². The van der Waals surface area contributed by atoms with Crippen LogP contribution >= 0.6 is 0 Å². The van der Waals surface area contributed by atoms with Gasteiger partial charge < -0.3 is 5.11 Å². The van der Waals surface area contributed by atoms with Crippen LogP contribution in [0.2, 0.25) is 0 Å². The number of para-hydroxylation sites is 1. The molecule has 1 N–H and O–H groups in total. The van der Waals surface area contributed by atoms with Crippen molar-refractivity contribution in [3.8, 4) is 67.5 Å². The topological polar surface area (TPSA) is 50.9 Å². The van der Waals surface area contributed by atoms with Crippen molar-refractivity contribution in [1.82, 2.24) is 14.5 Å². The van der Waals surface area contributed by atoms with Gasteiger partial charge in [0.2, 0.25) is 0 Å². The second kappa shape index (κ2) is 15.6. The standard InChI is InChI=1S/C58H61N3O/c1-55(2,3)42-26-27-50(46(34-42)38-22-17-14-18-23-38)61-51-25-19-24-45(52(51)60-54(61)47-35-44(57(7,8)9)36-48(53(47)62)58(10,11)12)40-30-41(32-43(31-40)56(4,5)6)49-33-39(28-29-59-49)37-20-15-13-16-21-37/h13-36,62H,1-12H3/i7D3,8D3,9D3,10D3,11D3,12D3. The average Bonchev–Trinajstić information content (AvgIpc) is 3.74. The molecule has 62 heavy (non-hydrogen) atoms. The lowest BCUT2D eigenvalue weighted by Gasteiger charge is -2.28. The van der Waals surface area contributed by atoms with E-state index in [1.807, 2.05) is 145 Å². The number of phenols is 1. The Morgan fingerprint density at radius 3 is 1.77 bits per heavy atom. The van der Waals surface area contributed by atoms with E-state index in [0.29, 0.717) is 45.2 Å². The number of pyridine rings is 1. The summed E-state index contributed by atoms with van der Waals surface area (Å²) in [5.74, 6) is -1.75. The van der Waals surface area contributed by atoms with Gasteiger partial charge in [-0.05, 0) is 109 Å². The first-order chi connectivity index (χ1) is 36.7. The van der Waals surface area contributed by atoms with Crippen LogP contribution < -0.4 is 0 Å². The van der Waals surface area contributed by atoms with Crippen LogP contribution in [-0.4, -0.2) is 19.6 Å². The van der Waals surface area contributed by atoms with E-state index in [2.05, 4.69) is 0 Å². The maximum absolute atomic E-state index is 13.0. The van der Waals surface area contributed by atoms with Gasteiger partial charge in [-0.15, -0.1) is 0 Å². The fourth-order valence-electron chi connectivity index (χ4n) is 7.87. The molecule has 4 nitrogen and oxygen atoms in total. The number of imidazole rings is 1. The molecule has 0 unspecified atom stereocenters. The lowest BCUT2D eigenvalue weighted by Crippen LogP contribution is -2.17. The first kappa shape index (κ1) is 25.6. The van der Waals surface area contributed by atoms with E-state index in [9.17, 15) is 5.11 Å². The summed E-state index contributed by atoms with van der Waals surface area (Å²) in [6.07, 6.45) is 1.72. The highest BCUT2D eigenvalue weighted by Crippen LogP contribution is 2.46. The van der Waals surface area contributed by atoms with Crippen molar-refractivity contribution in [3.63, 3.8) is 0 Å². The zero-order chi connectivity index (χ0) is 59.4. The van der Waals surface area contributed by atoms with Gasteiger partial charge in [-0.2, -0.15) is 0 Å². The number of benzene rings is 6. The fraction of sp³-hybridized carbons (Fsp3) is 0.276. The highest BCUT2D eigenvalue weighted by atomic mass is 16.3. The zero-order valence-corrected chi connectivity index (χ0v) is 35.6. The van der Waals surface area contributed by atoms with Crippen molar-refractivity contribution in [3.05, 3.63) is 168 Å². The molecular weight excluding hydrogens is 755 g/mol. The summed E-state index contributed by atoms with van der Waals surface area (Å²) in [7, 11) is 0. The first-order valence-electron chi connectivity index (χ1n) is 29.5. The van der Waals surface area contributed by atoms with Crippen molar-refractivity contribution < 1.29 is 29.8 Å². The van der Waals surface area contributed by atoms with Gasteiger partial charge in [0.1, 0.15) is 11.6 Å². The minimum atomic E-state index is -4.13. The summed E-state index contributed by atoms with van der Waals surface area (Å²) in [5.41, 5.74) is -4.34. The molecule has 0 atom stereocenters. The number of aromatic hydroxyl groups is 1. The van der Waals surface area contributed by atoms with Crippen molar-refractivity contribution >= 4 is 11.0 Å². The molecule has 8 aromatic rings. The van der Waals surface area contributed by atoms with Crippen LogP contribution in [0.15, 0.2) is 146 Å². The molecule has 4 heteroatoms. The zero-order valence-electron chi connectivity index (χ0n) is 53.6. The highest BCUT2D eigenvalue weighted by Gasteiger charge is 2.30. The fourth-order valence-corrected chi connectivity index (χ4v) is 7.87. The number of aromatic nitrogens is 3. The molecule has 6 aromatic carbocycles. The van der Waals surface area contributed by atoms with Crippen LogP contribution in [0.5, 0.6) is 5.75 Å². The van der Waals surface area contributed by atoms with Crippen molar-refractivity contribution in [1.29, 1.82) is 0 Å². The van der Waals surface area contributed by atoms with Crippen LogP contribution in [0, 0.1) is 0 Å². The normalized spacial score (nSPS) is 18.1. The number of nitrogens with zero attached hydrogens (tertiary/aromatic N) is 3. The summed E-state index contributed by atoms with van der Waals surface area (Å²) in [4.78, 5) is 10.0. The maximum atomic E-state index is 13.0. The minimum Gasteiger partial charge on any atom is -0.507 e. The number of hydrogen-bond acceptors (Lipinski definition) is 3. The van der Waals surface area contributed by atoms with Crippen molar-refractivity contribution in [2.45, 2.75) is 104 Å². The molecular formula is C58H61N3O. The first-order valence-corrected chi connectivity index (χ1v) is 20.5. The summed E-state index contributed by atoms with van der Waals surface area (Å²) < 4.78 is 160. The predicted molar refractivity (Wildman–Crippen MR) is 263 cm³/mol. The summed E-state index contributed by atoms with van der Waals surface area (Å²) in [6.45, 7) is -12.3. The van der Waals surface area contributed by atoms with Crippen molar-refractivity contribution in [2.24, 2.45) is 0 Å². The lowest BCUT2D eigenvalue weighted by atomic mass is 9.79. The minimum absolute atomic E-state index is 0.193. The smallest absolute Gasteiger partial charge is 0.149 e. The van der Waals surface area contributed by atoms with E-state index in [1.165, 1.54) is 0 Å². The van der Waals surface area contributed by atoms with Gasteiger partial charge in [0, 0.05) is 53.1 Å². The van der Waals surface area contributed by atoms with Gasteiger partial charge in [0.25, 0.3) is 0 Å². The predicted octanol–water partition coefficient (Wildman–Crippen LogP) is 15.7. The monoisotopic (exact) mass is 834 g/mol. The number of rotatable bonds is 6. The van der Waals surface area contributed by atoms with E-state index in [-0.39, 0.29) is 5.52 Å². The molecule has 8 rings (SSSR count). The van der Waals surface area contributed by atoms with E-state index in [1.54, 1.807) is 35.0 Å². The Balaban J connectivity index is 1.63. The Morgan fingerprint density at radius 1 is 0.484 bits per heavy atom. The van der Waals surface area contributed by atoms with Gasteiger partial charge in [-0.1, -0.05) is 174 Å². The van der Waals surface area contributed by atoms with Gasteiger partial charge in [0.15, 0.2) is 0 Å². The molecule has 0 aliphatic heterocycles. The van der Waals surface area contributed by atoms with Crippen molar-refractivity contribution in [2.75, 3.05) is 0 Å². The van der Waals surface area contributed by atoms with Gasteiger partial charge in [-0.3, -0.25) is 9.55 Å². The van der Waals surface area contributed by atoms with Crippen LogP contribution in [0.1, 0.15) is 130 Å². The molecule has 0 aliphatic rings. The third kappa shape index (κ3) is 8.23. The largest absolute Gasteiger partial charge is 0.507 e. The average molecular weight is 834 g/mol. The van der Waals surface area contributed by atoms with Gasteiger partial charge in [0.05, 0.1) is 28.0 Å². The Hall–Kier alpha value is -6.26. The van der Waals surface area contributed by atoms with E-state index in [4.69, 9.17) is 34.6 Å². The number of fused-ring (bicyclic) bond motifs is 1. The van der Waals surface area contributed by atoms with Crippen LogP contribution in [0.3, 0.4) is 0 Å². The lowest BCUT2D eigenvalue weighted by molar-refractivity contribution is 0.446. The summed E-state index contributed by atoms with van der Waals surface area (Å²) in [6, 6.07) is 40.6. The molecule has 0 aliphatic carbocycles. The number of hydrogen-bond donors (Lipinski definition) is 1. The Labute approximate surface area is 394 Å². The summed E-state index contributed by atoms with van der Waals surface area (Å²) >= 11 is 0. The van der Waals surface area contributed by atoms with Gasteiger partial charge in [-0.25, -0.2) is 4.98 Å². The van der Waals surface area contributed by atoms with E-state index in [0.717, 1.165) is 33.9 Å². The molecule has 0 radical (unpaired) electrons. The third-order valence-electron chi connectivity index (χ3n) is 11.3. The molecule has 2 heterocycles. The second-order valence-electron chi connectivity index (χ2n) is 18.1. The molecule has 0 fully saturated rings. The molecule has 0 bridgehead atoms. The number of phenolic OH excluding ortho intramolecular Hbond substituents is 1. The Bertz CT molecular complexity index is 3540. The Kier molecular flexibility index (Phi) is 6.44. The molecule has 0 spiro atoms. The van der Waals surface area contributed by atoms with E-state index >= 15 is 0 Å². The van der Waals surface area contributed by atoms with Crippen LogP contribution in [0.25, 0.3) is 72.7 Å². The quantitative estimate of drug-likeness (QED) is 0.182. The molecule has 314 valence electrons. The summed E-state index contributed by atoms with van der Waals surface area (Å²) in [5, 5.41) is 13.0. The Morgan fingerprint density at radius 2 is 1.11 bits per heavy atom. The van der Waals surface area contributed by atoms with E-state index < -0.39 is 91.0 Å². The third-order valence-corrected chi connectivity index (χ3v) is 11.3. The second-order valence-corrected chi connectivity index (χ2v) is 18.1. The maximum Gasteiger partial charge on any atom is 0.149 e.